The first kappa shape index (κ1) is 13.5. The second kappa shape index (κ2) is 6.27. The monoisotopic (exact) mass is 259 g/mol. The van der Waals surface area contributed by atoms with Crippen molar-refractivity contribution in [3.63, 3.8) is 0 Å². The number of nitrogens with one attached hydrogen (secondary N) is 2. The summed E-state index contributed by atoms with van der Waals surface area (Å²) < 4.78 is 0. The predicted molar refractivity (Wildman–Crippen MR) is 78.3 cm³/mol. The Balaban J connectivity index is 1.86. The first-order valence-corrected chi connectivity index (χ1v) is 6.83. The largest absolute Gasteiger partial charge is 0.361 e. The van der Waals surface area contributed by atoms with Crippen molar-refractivity contribution < 1.29 is 4.79 Å². The number of rotatable bonds is 5. The molecule has 2 N–H and O–H groups in total. The van der Waals surface area contributed by atoms with Crippen molar-refractivity contribution in [3.8, 4) is 0 Å². The Morgan fingerprint density at radius 1 is 1.26 bits per heavy atom. The van der Waals surface area contributed by atoms with E-state index in [-0.39, 0.29) is 6.03 Å². The summed E-state index contributed by atoms with van der Waals surface area (Å²) in [6.07, 6.45) is 2.79. The van der Waals surface area contributed by atoms with Crippen molar-refractivity contribution >= 4 is 16.9 Å². The first-order valence-electron chi connectivity index (χ1n) is 6.83. The molecule has 0 saturated carbocycles. The number of nitrogens with zero attached hydrogens (tertiary/aromatic N) is 1. The van der Waals surface area contributed by atoms with E-state index in [9.17, 15) is 4.79 Å². The molecule has 2 amide bonds. The summed E-state index contributed by atoms with van der Waals surface area (Å²) in [5, 5.41) is 4.17. The van der Waals surface area contributed by atoms with Crippen LogP contribution in [0.3, 0.4) is 0 Å². The second-order valence-electron chi connectivity index (χ2n) is 4.55. The third kappa shape index (κ3) is 3.28. The zero-order valence-corrected chi connectivity index (χ0v) is 11.6. The molecule has 1 aromatic carbocycles. The maximum Gasteiger partial charge on any atom is 0.317 e. The number of aromatic amines is 1. The predicted octanol–water partition coefficient (Wildman–Crippen LogP) is 2.76. The van der Waals surface area contributed by atoms with E-state index in [0.29, 0.717) is 6.54 Å². The van der Waals surface area contributed by atoms with E-state index in [1.54, 1.807) is 4.90 Å². The van der Waals surface area contributed by atoms with Gasteiger partial charge in [0.15, 0.2) is 0 Å². The van der Waals surface area contributed by atoms with Crippen molar-refractivity contribution in [2.24, 2.45) is 0 Å². The molecular formula is C15H21N3O. The van der Waals surface area contributed by atoms with Gasteiger partial charge in [0.05, 0.1) is 0 Å². The molecule has 0 atom stereocenters. The van der Waals surface area contributed by atoms with Gasteiger partial charge in [-0.25, -0.2) is 4.79 Å². The summed E-state index contributed by atoms with van der Waals surface area (Å²) in [4.78, 5) is 16.8. The van der Waals surface area contributed by atoms with E-state index in [2.05, 4.69) is 34.6 Å². The third-order valence-electron chi connectivity index (χ3n) is 3.36. The Morgan fingerprint density at radius 2 is 2.05 bits per heavy atom. The van der Waals surface area contributed by atoms with Gasteiger partial charge in [0.25, 0.3) is 0 Å². The van der Waals surface area contributed by atoms with Gasteiger partial charge in [-0.15, -0.1) is 0 Å². The zero-order chi connectivity index (χ0) is 13.7. The lowest BCUT2D eigenvalue weighted by Crippen LogP contribution is -2.40. The van der Waals surface area contributed by atoms with Crippen LogP contribution in [-0.2, 0) is 6.42 Å². The van der Waals surface area contributed by atoms with Crippen LogP contribution in [0.2, 0.25) is 0 Å². The van der Waals surface area contributed by atoms with E-state index >= 15 is 0 Å². The lowest BCUT2D eigenvalue weighted by atomic mass is 10.1. The number of fused-ring (bicyclic) bond motifs is 1. The number of amides is 2. The fraction of sp³-hybridized carbons (Fsp3) is 0.400. The smallest absolute Gasteiger partial charge is 0.317 e. The fourth-order valence-corrected chi connectivity index (χ4v) is 2.19. The lowest BCUT2D eigenvalue weighted by Gasteiger charge is -2.19. The van der Waals surface area contributed by atoms with Crippen LogP contribution >= 0.6 is 0 Å². The SMILES string of the molecule is CCN(CC)C(=O)NCCc1ccc2cc[nH]c2c1. The number of aromatic nitrogens is 1. The van der Waals surface area contributed by atoms with E-state index in [0.717, 1.165) is 25.0 Å². The topological polar surface area (TPSA) is 48.1 Å². The highest BCUT2D eigenvalue weighted by Gasteiger charge is 2.07. The molecule has 0 aliphatic carbocycles. The number of carbonyl (C=O) groups excluding carboxylic acids is 1. The van der Waals surface area contributed by atoms with Gasteiger partial charge in [0, 0.05) is 31.3 Å². The van der Waals surface area contributed by atoms with E-state index in [1.807, 2.05) is 20.0 Å². The Morgan fingerprint density at radius 3 is 2.79 bits per heavy atom. The van der Waals surface area contributed by atoms with Gasteiger partial charge in [0.1, 0.15) is 0 Å². The molecule has 0 aliphatic heterocycles. The highest BCUT2D eigenvalue weighted by atomic mass is 16.2. The minimum atomic E-state index is 0.0194. The minimum Gasteiger partial charge on any atom is -0.361 e. The highest BCUT2D eigenvalue weighted by Crippen LogP contribution is 2.14. The first-order chi connectivity index (χ1) is 9.24. The molecule has 2 aromatic rings. The van der Waals surface area contributed by atoms with Gasteiger partial charge in [-0.2, -0.15) is 0 Å². The average Bonchev–Trinajstić information content (AvgIpc) is 2.87. The molecule has 0 bridgehead atoms. The number of urea groups is 1. The molecule has 4 heteroatoms. The number of carbonyl (C=O) groups is 1. The third-order valence-corrected chi connectivity index (χ3v) is 3.36. The molecule has 2 rings (SSSR count). The van der Waals surface area contributed by atoms with Crippen molar-refractivity contribution in [1.29, 1.82) is 0 Å². The van der Waals surface area contributed by atoms with E-state index in [1.165, 1.54) is 10.9 Å². The van der Waals surface area contributed by atoms with Crippen LogP contribution in [0.25, 0.3) is 10.9 Å². The molecule has 0 fully saturated rings. The van der Waals surface area contributed by atoms with Crippen molar-refractivity contribution in [2.45, 2.75) is 20.3 Å². The van der Waals surface area contributed by atoms with Crippen LogP contribution in [-0.4, -0.2) is 35.5 Å². The molecule has 19 heavy (non-hydrogen) atoms. The Bertz CT molecular complexity index is 543. The number of hydrogen-bond donors (Lipinski definition) is 2. The quantitative estimate of drug-likeness (QED) is 0.852. The summed E-state index contributed by atoms with van der Waals surface area (Å²) >= 11 is 0. The van der Waals surface area contributed by atoms with Gasteiger partial charge in [-0.05, 0) is 43.4 Å². The molecular weight excluding hydrogens is 238 g/mol. The molecule has 0 unspecified atom stereocenters. The van der Waals surface area contributed by atoms with E-state index < -0.39 is 0 Å². The van der Waals surface area contributed by atoms with Gasteiger partial charge >= 0.3 is 6.03 Å². The molecule has 0 radical (unpaired) electrons. The Hall–Kier alpha value is -1.97. The molecule has 102 valence electrons. The summed E-state index contributed by atoms with van der Waals surface area (Å²) in [6.45, 7) is 6.14. The molecule has 1 heterocycles. The molecule has 1 aromatic heterocycles. The number of benzene rings is 1. The van der Waals surface area contributed by atoms with Crippen molar-refractivity contribution in [2.75, 3.05) is 19.6 Å². The molecule has 0 saturated heterocycles. The summed E-state index contributed by atoms with van der Waals surface area (Å²) in [6, 6.07) is 8.43. The van der Waals surface area contributed by atoms with Crippen LogP contribution in [0.15, 0.2) is 30.5 Å². The van der Waals surface area contributed by atoms with Crippen LogP contribution < -0.4 is 5.32 Å². The van der Waals surface area contributed by atoms with Gasteiger partial charge in [-0.3, -0.25) is 0 Å². The van der Waals surface area contributed by atoms with Crippen molar-refractivity contribution in [1.82, 2.24) is 15.2 Å². The van der Waals surface area contributed by atoms with Crippen LogP contribution in [0, 0.1) is 0 Å². The highest BCUT2D eigenvalue weighted by molar-refractivity contribution is 5.79. The maximum absolute atomic E-state index is 11.8. The maximum atomic E-state index is 11.8. The van der Waals surface area contributed by atoms with Crippen molar-refractivity contribution in [3.05, 3.63) is 36.0 Å². The second-order valence-corrected chi connectivity index (χ2v) is 4.55. The fourth-order valence-electron chi connectivity index (χ4n) is 2.19. The lowest BCUT2D eigenvalue weighted by molar-refractivity contribution is 0.203. The summed E-state index contributed by atoms with van der Waals surface area (Å²) in [5.41, 5.74) is 2.38. The normalized spacial score (nSPS) is 10.6. The van der Waals surface area contributed by atoms with Gasteiger partial charge < -0.3 is 15.2 Å². The standard InChI is InChI=1S/C15H21N3O/c1-3-18(4-2)15(19)17-9-7-12-5-6-13-8-10-16-14(13)11-12/h5-6,8,10-11,16H,3-4,7,9H2,1-2H3,(H,17,19). The van der Waals surface area contributed by atoms with Crippen LogP contribution in [0.4, 0.5) is 4.79 Å². The van der Waals surface area contributed by atoms with Gasteiger partial charge in [-0.1, -0.05) is 12.1 Å². The van der Waals surface area contributed by atoms with Crippen LogP contribution in [0.5, 0.6) is 0 Å². The number of H-pyrrole nitrogens is 1. The molecule has 0 aliphatic rings. The van der Waals surface area contributed by atoms with Gasteiger partial charge in [0.2, 0.25) is 0 Å². The minimum absolute atomic E-state index is 0.0194. The summed E-state index contributed by atoms with van der Waals surface area (Å²) in [5.74, 6) is 0. The Kier molecular flexibility index (Phi) is 4.44. The van der Waals surface area contributed by atoms with E-state index in [4.69, 9.17) is 0 Å². The average molecular weight is 259 g/mol. The Labute approximate surface area is 113 Å². The number of hydrogen-bond acceptors (Lipinski definition) is 1. The molecule has 4 nitrogen and oxygen atoms in total. The summed E-state index contributed by atoms with van der Waals surface area (Å²) in [7, 11) is 0. The van der Waals surface area contributed by atoms with Crippen LogP contribution in [0.1, 0.15) is 19.4 Å². The molecule has 0 spiro atoms. The zero-order valence-electron chi connectivity index (χ0n) is 11.6.